The van der Waals surface area contributed by atoms with Crippen LogP contribution in [-0.2, 0) is 11.3 Å². The van der Waals surface area contributed by atoms with Crippen LogP contribution in [0, 0.1) is 0 Å². The molecular formula is C26H28Cl2N4O3. The Balaban J connectivity index is 1.35. The maximum absolute atomic E-state index is 12.3. The van der Waals surface area contributed by atoms with Gasteiger partial charge in [-0.3, -0.25) is 4.98 Å². The van der Waals surface area contributed by atoms with Crippen LogP contribution in [0.2, 0.25) is 10.0 Å². The number of aromatic nitrogens is 2. The predicted octanol–water partition coefficient (Wildman–Crippen LogP) is 6.09. The summed E-state index contributed by atoms with van der Waals surface area (Å²) in [5.41, 5.74) is 2.19. The second-order valence-corrected chi connectivity index (χ2v) is 10.1. The Bertz CT molecular complexity index is 1170. The molecule has 1 amide bonds. The number of halogens is 2. The number of benzene rings is 1. The molecule has 0 unspecified atom stereocenters. The van der Waals surface area contributed by atoms with Gasteiger partial charge in [0.05, 0.1) is 6.20 Å². The van der Waals surface area contributed by atoms with E-state index in [4.69, 9.17) is 32.7 Å². The lowest BCUT2D eigenvalue weighted by Gasteiger charge is -2.36. The van der Waals surface area contributed by atoms with Crippen molar-refractivity contribution in [3.8, 4) is 16.9 Å². The second-order valence-electron chi connectivity index (χ2n) is 9.29. The Kier molecular flexibility index (Phi) is 7.67. The van der Waals surface area contributed by atoms with Gasteiger partial charge in [-0.2, -0.15) is 0 Å². The van der Waals surface area contributed by atoms with E-state index in [0.29, 0.717) is 48.6 Å². The molecule has 1 saturated heterocycles. The first-order valence-corrected chi connectivity index (χ1v) is 12.1. The van der Waals surface area contributed by atoms with Crippen molar-refractivity contribution in [2.45, 2.75) is 33.0 Å². The maximum Gasteiger partial charge on any atom is 0.410 e. The zero-order valence-electron chi connectivity index (χ0n) is 20.0. The molecule has 1 aromatic carbocycles. The van der Waals surface area contributed by atoms with Gasteiger partial charge in [0.2, 0.25) is 0 Å². The third-order valence-corrected chi connectivity index (χ3v) is 6.05. The van der Waals surface area contributed by atoms with Gasteiger partial charge in [-0.15, -0.1) is 0 Å². The standard InChI is InChI=1S/C26H28Cl2N4O3/c1-26(2,3)35-25(33)32-10-8-31(9-11-32)24-7-5-18(15-30-24)20-12-22(16-29-14-20)34-17-19-4-6-21(27)13-23(19)28/h4-7,12-16H,8-11,17H2,1-3H3. The molecule has 7 nitrogen and oxygen atoms in total. The van der Waals surface area contributed by atoms with Crippen molar-refractivity contribution in [1.82, 2.24) is 14.9 Å². The van der Waals surface area contributed by atoms with E-state index in [9.17, 15) is 4.79 Å². The fourth-order valence-electron chi connectivity index (χ4n) is 3.64. The monoisotopic (exact) mass is 514 g/mol. The number of rotatable bonds is 5. The van der Waals surface area contributed by atoms with Gasteiger partial charge in [0.25, 0.3) is 0 Å². The van der Waals surface area contributed by atoms with Gasteiger partial charge in [0.15, 0.2) is 0 Å². The van der Waals surface area contributed by atoms with Gasteiger partial charge in [-0.05, 0) is 51.1 Å². The molecule has 4 rings (SSSR count). The Labute approximate surface area is 215 Å². The van der Waals surface area contributed by atoms with Crippen LogP contribution in [-0.4, -0.2) is 52.7 Å². The molecule has 0 saturated carbocycles. The SMILES string of the molecule is CC(C)(C)OC(=O)N1CCN(c2ccc(-c3cncc(OCc4ccc(Cl)cc4Cl)c3)cn2)CC1. The summed E-state index contributed by atoms with van der Waals surface area (Å²) in [5.74, 6) is 1.51. The van der Waals surface area contributed by atoms with E-state index in [1.165, 1.54) is 0 Å². The zero-order valence-corrected chi connectivity index (χ0v) is 21.5. The van der Waals surface area contributed by atoms with Crippen molar-refractivity contribution in [3.05, 3.63) is 70.6 Å². The number of carbonyl (C=O) groups excluding carboxylic acids is 1. The molecule has 3 heterocycles. The molecule has 3 aromatic rings. The molecule has 1 fully saturated rings. The van der Waals surface area contributed by atoms with Gasteiger partial charge in [-0.25, -0.2) is 9.78 Å². The summed E-state index contributed by atoms with van der Waals surface area (Å²) >= 11 is 12.2. The molecule has 1 aliphatic heterocycles. The van der Waals surface area contributed by atoms with E-state index < -0.39 is 5.60 Å². The van der Waals surface area contributed by atoms with E-state index in [1.54, 1.807) is 29.4 Å². The first-order chi connectivity index (χ1) is 16.7. The summed E-state index contributed by atoms with van der Waals surface area (Å²) in [5, 5.41) is 1.15. The van der Waals surface area contributed by atoms with E-state index in [0.717, 1.165) is 22.5 Å². The number of pyridine rings is 2. The molecule has 2 aromatic heterocycles. The molecule has 0 spiro atoms. The molecule has 0 bridgehead atoms. The number of hydrogen-bond donors (Lipinski definition) is 0. The molecule has 184 valence electrons. The van der Waals surface area contributed by atoms with Crippen LogP contribution in [0.1, 0.15) is 26.3 Å². The van der Waals surface area contributed by atoms with Crippen molar-refractivity contribution in [1.29, 1.82) is 0 Å². The molecule has 1 aliphatic rings. The van der Waals surface area contributed by atoms with Gasteiger partial charge in [0, 0.05) is 65.3 Å². The van der Waals surface area contributed by atoms with Crippen molar-refractivity contribution >= 4 is 35.1 Å². The normalized spacial score (nSPS) is 14.1. The fraction of sp³-hybridized carbons (Fsp3) is 0.346. The highest BCUT2D eigenvalue weighted by Gasteiger charge is 2.26. The second kappa shape index (κ2) is 10.7. The van der Waals surface area contributed by atoms with Gasteiger partial charge in [0.1, 0.15) is 23.8 Å². The summed E-state index contributed by atoms with van der Waals surface area (Å²) in [6, 6.07) is 11.2. The van der Waals surface area contributed by atoms with Gasteiger partial charge in [-0.1, -0.05) is 29.3 Å². The highest BCUT2D eigenvalue weighted by molar-refractivity contribution is 6.35. The quantitative estimate of drug-likeness (QED) is 0.410. The van der Waals surface area contributed by atoms with Crippen LogP contribution in [0.5, 0.6) is 5.75 Å². The van der Waals surface area contributed by atoms with E-state index in [1.807, 2.05) is 51.2 Å². The number of amides is 1. The number of piperazine rings is 1. The molecule has 0 N–H and O–H groups in total. The highest BCUT2D eigenvalue weighted by Crippen LogP contribution is 2.26. The molecule has 35 heavy (non-hydrogen) atoms. The Morgan fingerprint density at radius 1 is 0.971 bits per heavy atom. The lowest BCUT2D eigenvalue weighted by molar-refractivity contribution is 0.0240. The average Bonchev–Trinajstić information content (AvgIpc) is 2.83. The Hall–Kier alpha value is -3.03. The summed E-state index contributed by atoms with van der Waals surface area (Å²) in [6.07, 6.45) is 5.00. The zero-order chi connectivity index (χ0) is 25.0. The first kappa shape index (κ1) is 25.1. The van der Waals surface area contributed by atoms with Crippen molar-refractivity contribution in [2.24, 2.45) is 0 Å². The van der Waals surface area contributed by atoms with Crippen molar-refractivity contribution in [2.75, 3.05) is 31.1 Å². The molecule has 0 atom stereocenters. The Morgan fingerprint density at radius 3 is 2.40 bits per heavy atom. The third kappa shape index (κ3) is 6.77. The largest absolute Gasteiger partial charge is 0.487 e. The number of ether oxygens (including phenoxy) is 2. The van der Waals surface area contributed by atoms with Crippen LogP contribution in [0.4, 0.5) is 10.6 Å². The molecule has 0 aliphatic carbocycles. The molecule has 0 radical (unpaired) electrons. The number of hydrogen-bond acceptors (Lipinski definition) is 6. The summed E-state index contributed by atoms with van der Waals surface area (Å²) in [7, 11) is 0. The minimum absolute atomic E-state index is 0.270. The smallest absolute Gasteiger partial charge is 0.410 e. The summed E-state index contributed by atoms with van der Waals surface area (Å²) < 4.78 is 11.4. The lowest BCUT2D eigenvalue weighted by atomic mass is 10.1. The first-order valence-electron chi connectivity index (χ1n) is 11.4. The van der Waals surface area contributed by atoms with Crippen LogP contribution >= 0.6 is 23.2 Å². The summed E-state index contributed by atoms with van der Waals surface area (Å²) in [6.45, 7) is 8.53. The minimum Gasteiger partial charge on any atom is -0.487 e. The van der Waals surface area contributed by atoms with Crippen LogP contribution < -0.4 is 9.64 Å². The topological polar surface area (TPSA) is 67.8 Å². The van der Waals surface area contributed by atoms with Gasteiger partial charge >= 0.3 is 6.09 Å². The van der Waals surface area contributed by atoms with E-state index >= 15 is 0 Å². The number of anilines is 1. The molecular weight excluding hydrogens is 487 g/mol. The average molecular weight is 515 g/mol. The number of nitrogens with zero attached hydrogens (tertiary/aromatic N) is 4. The van der Waals surface area contributed by atoms with Crippen molar-refractivity contribution < 1.29 is 14.3 Å². The predicted molar refractivity (Wildman–Crippen MR) is 138 cm³/mol. The van der Waals surface area contributed by atoms with E-state index in [2.05, 4.69) is 14.9 Å². The number of carbonyl (C=O) groups is 1. The molecule has 9 heteroatoms. The van der Waals surface area contributed by atoms with Crippen molar-refractivity contribution in [3.63, 3.8) is 0 Å². The summed E-state index contributed by atoms with van der Waals surface area (Å²) in [4.78, 5) is 25.1. The van der Waals surface area contributed by atoms with Crippen LogP contribution in [0.25, 0.3) is 11.1 Å². The minimum atomic E-state index is -0.494. The lowest BCUT2D eigenvalue weighted by Crippen LogP contribution is -2.50. The van der Waals surface area contributed by atoms with Crippen LogP contribution in [0.3, 0.4) is 0 Å². The third-order valence-electron chi connectivity index (χ3n) is 5.46. The van der Waals surface area contributed by atoms with Crippen LogP contribution in [0.15, 0.2) is 55.0 Å². The fourth-order valence-corrected chi connectivity index (χ4v) is 4.11. The van der Waals surface area contributed by atoms with E-state index in [-0.39, 0.29) is 6.09 Å². The highest BCUT2D eigenvalue weighted by atomic mass is 35.5. The maximum atomic E-state index is 12.3. The van der Waals surface area contributed by atoms with Gasteiger partial charge < -0.3 is 19.3 Å². The Morgan fingerprint density at radius 2 is 1.74 bits per heavy atom.